The van der Waals surface area contributed by atoms with Crippen molar-refractivity contribution in [2.24, 2.45) is 0 Å². The van der Waals surface area contributed by atoms with Crippen molar-refractivity contribution in [3.8, 4) is 11.1 Å². The van der Waals surface area contributed by atoms with Crippen LogP contribution in [0.4, 0.5) is 5.00 Å². The summed E-state index contributed by atoms with van der Waals surface area (Å²) in [7, 11) is 0. The van der Waals surface area contributed by atoms with Gasteiger partial charge in [0.1, 0.15) is 16.1 Å². The third-order valence-corrected chi connectivity index (χ3v) is 5.75. The number of aromatic nitrogens is 2. The molecule has 2 heterocycles. The minimum absolute atomic E-state index is 0.0482. The third-order valence-electron chi connectivity index (χ3n) is 3.90. The number of amides is 1. The number of hydrogen-bond acceptors (Lipinski definition) is 6. The molecular formula is C18H10ClN3O3S2. The summed E-state index contributed by atoms with van der Waals surface area (Å²) < 4.78 is 4.72. The number of carboxylic acid groups (broad SMARTS) is 1. The molecule has 4 aromatic rings. The van der Waals surface area contributed by atoms with Crippen molar-refractivity contribution in [1.29, 1.82) is 0 Å². The fraction of sp³-hybridized carbons (Fsp3) is 0. The van der Waals surface area contributed by atoms with Gasteiger partial charge in [0.2, 0.25) is 0 Å². The number of carbonyl (C=O) groups is 2. The van der Waals surface area contributed by atoms with Crippen molar-refractivity contribution >= 4 is 61.6 Å². The van der Waals surface area contributed by atoms with E-state index in [0.29, 0.717) is 27.2 Å². The molecule has 2 aromatic heterocycles. The first-order valence-corrected chi connectivity index (χ1v) is 9.70. The molecule has 0 radical (unpaired) electrons. The van der Waals surface area contributed by atoms with E-state index in [-0.39, 0.29) is 10.6 Å². The van der Waals surface area contributed by atoms with Crippen molar-refractivity contribution < 1.29 is 14.7 Å². The summed E-state index contributed by atoms with van der Waals surface area (Å²) in [6.07, 6.45) is 0. The van der Waals surface area contributed by atoms with Crippen molar-refractivity contribution in [2.45, 2.75) is 0 Å². The number of hydrogen-bond donors (Lipinski definition) is 2. The summed E-state index contributed by atoms with van der Waals surface area (Å²) in [6.45, 7) is 0. The number of carbonyl (C=O) groups excluding carboxylic acids is 1. The van der Waals surface area contributed by atoms with Gasteiger partial charge in [-0.05, 0) is 47.4 Å². The summed E-state index contributed by atoms with van der Waals surface area (Å²) in [5, 5.41) is 18.8. The highest BCUT2D eigenvalue weighted by molar-refractivity contribution is 7.15. The number of aromatic carboxylic acids is 1. The van der Waals surface area contributed by atoms with Gasteiger partial charge in [-0.3, -0.25) is 4.79 Å². The second-order valence-corrected chi connectivity index (χ2v) is 7.68. The molecule has 134 valence electrons. The SMILES string of the molecule is O=C(Nc1scc(-c2ccc(Cl)cc2)c1C(=O)O)c1ccc2snnc2c1. The molecule has 1 amide bonds. The standard InChI is InChI=1S/C18H10ClN3O3S2/c19-11-4-1-9(2-5-11)12-8-26-17(15(12)18(24)25)20-16(23)10-3-6-14-13(7-10)21-22-27-14/h1-8H,(H,20,23)(H,24,25). The Labute approximate surface area is 166 Å². The van der Waals surface area contributed by atoms with Crippen molar-refractivity contribution in [1.82, 2.24) is 9.59 Å². The minimum atomic E-state index is -1.12. The molecule has 2 aromatic carbocycles. The van der Waals surface area contributed by atoms with Crippen LogP contribution in [0.2, 0.25) is 5.02 Å². The van der Waals surface area contributed by atoms with Crippen LogP contribution in [0.1, 0.15) is 20.7 Å². The Morgan fingerprint density at radius 3 is 2.63 bits per heavy atom. The molecule has 9 heteroatoms. The van der Waals surface area contributed by atoms with E-state index in [1.54, 1.807) is 47.8 Å². The lowest BCUT2D eigenvalue weighted by Crippen LogP contribution is -2.13. The Morgan fingerprint density at radius 2 is 1.89 bits per heavy atom. The Bertz CT molecular complexity index is 1170. The molecule has 2 N–H and O–H groups in total. The number of fused-ring (bicyclic) bond motifs is 1. The molecular weight excluding hydrogens is 406 g/mol. The van der Waals surface area contributed by atoms with Crippen LogP contribution in [0.5, 0.6) is 0 Å². The molecule has 0 saturated carbocycles. The molecule has 0 aliphatic heterocycles. The zero-order valence-corrected chi connectivity index (χ0v) is 15.9. The fourth-order valence-electron chi connectivity index (χ4n) is 2.60. The molecule has 0 atom stereocenters. The highest BCUT2D eigenvalue weighted by Crippen LogP contribution is 2.36. The van der Waals surface area contributed by atoms with E-state index in [1.807, 2.05) is 0 Å². The van der Waals surface area contributed by atoms with Crippen LogP contribution in [0, 0.1) is 0 Å². The molecule has 0 unspecified atom stereocenters. The van der Waals surface area contributed by atoms with E-state index in [1.165, 1.54) is 11.5 Å². The molecule has 27 heavy (non-hydrogen) atoms. The van der Waals surface area contributed by atoms with Crippen LogP contribution in [0.15, 0.2) is 47.8 Å². The minimum Gasteiger partial charge on any atom is -0.478 e. The maximum Gasteiger partial charge on any atom is 0.339 e. The summed E-state index contributed by atoms with van der Waals surface area (Å²) in [6, 6.07) is 11.9. The van der Waals surface area contributed by atoms with Gasteiger partial charge in [0.15, 0.2) is 0 Å². The first-order chi connectivity index (χ1) is 13.0. The number of anilines is 1. The normalized spacial score (nSPS) is 10.9. The number of nitrogens with zero attached hydrogens (tertiary/aromatic N) is 2. The van der Waals surface area contributed by atoms with E-state index in [9.17, 15) is 14.7 Å². The topological polar surface area (TPSA) is 92.2 Å². The predicted octanol–water partition coefficient (Wildman–Crippen LogP) is 5.02. The maximum absolute atomic E-state index is 12.6. The summed E-state index contributed by atoms with van der Waals surface area (Å²) in [5.74, 6) is -1.52. The van der Waals surface area contributed by atoms with Crippen molar-refractivity contribution in [3.63, 3.8) is 0 Å². The van der Waals surface area contributed by atoms with E-state index < -0.39 is 11.9 Å². The fourth-order valence-corrected chi connectivity index (χ4v) is 4.22. The summed E-state index contributed by atoms with van der Waals surface area (Å²) in [5.41, 5.74) is 2.29. The Morgan fingerprint density at radius 1 is 1.11 bits per heavy atom. The lowest BCUT2D eigenvalue weighted by atomic mass is 10.0. The molecule has 0 aliphatic carbocycles. The number of halogens is 1. The average Bonchev–Trinajstić information content (AvgIpc) is 3.28. The van der Waals surface area contributed by atoms with Gasteiger partial charge in [0.05, 0.1) is 4.70 Å². The smallest absolute Gasteiger partial charge is 0.339 e. The van der Waals surface area contributed by atoms with E-state index >= 15 is 0 Å². The van der Waals surface area contributed by atoms with E-state index in [0.717, 1.165) is 16.0 Å². The molecule has 0 bridgehead atoms. The number of rotatable bonds is 4. The van der Waals surface area contributed by atoms with Gasteiger partial charge in [0, 0.05) is 21.5 Å². The lowest BCUT2D eigenvalue weighted by Gasteiger charge is -2.06. The highest BCUT2D eigenvalue weighted by atomic mass is 35.5. The summed E-state index contributed by atoms with van der Waals surface area (Å²) >= 11 is 8.30. The van der Waals surface area contributed by atoms with Gasteiger partial charge >= 0.3 is 5.97 Å². The van der Waals surface area contributed by atoms with Gasteiger partial charge in [0.25, 0.3) is 5.91 Å². The largest absolute Gasteiger partial charge is 0.478 e. The van der Waals surface area contributed by atoms with Crippen LogP contribution in [-0.4, -0.2) is 26.6 Å². The van der Waals surface area contributed by atoms with E-state index in [2.05, 4.69) is 14.9 Å². The van der Waals surface area contributed by atoms with E-state index in [4.69, 9.17) is 11.6 Å². The lowest BCUT2D eigenvalue weighted by molar-refractivity contribution is 0.0699. The first-order valence-electron chi connectivity index (χ1n) is 7.67. The maximum atomic E-state index is 12.6. The Hall–Kier alpha value is -2.81. The molecule has 0 fully saturated rings. The Kier molecular flexibility index (Phi) is 4.61. The predicted molar refractivity (Wildman–Crippen MR) is 107 cm³/mol. The first kappa shape index (κ1) is 17.6. The number of thiophene rings is 1. The molecule has 6 nitrogen and oxygen atoms in total. The average molecular weight is 416 g/mol. The van der Waals surface area contributed by atoms with Crippen LogP contribution in [0.25, 0.3) is 21.3 Å². The van der Waals surface area contributed by atoms with Crippen molar-refractivity contribution in [3.05, 3.63) is 64.0 Å². The summed E-state index contributed by atoms with van der Waals surface area (Å²) in [4.78, 5) is 24.4. The van der Waals surface area contributed by atoms with Crippen LogP contribution in [-0.2, 0) is 0 Å². The number of benzene rings is 2. The number of carboxylic acids is 1. The van der Waals surface area contributed by atoms with Crippen LogP contribution in [0.3, 0.4) is 0 Å². The van der Waals surface area contributed by atoms with Crippen molar-refractivity contribution in [2.75, 3.05) is 5.32 Å². The van der Waals surface area contributed by atoms with Gasteiger partial charge in [-0.25, -0.2) is 4.79 Å². The van der Waals surface area contributed by atoms with Gasteiger partial charge in [-0.1, -0.05) is 28.2 Å². The third kappa shape index (κ3) is 3.42. The number of nitrogens with one attached hydrogen (secondary N) is 1. The van der Waals surface area contributed by atoms with Gasteiger partial charge in [-0.15, -0.1) is 16.4 Å². The molecule has 0 spiro atoms. The molecule has 0 saturated heterocycles. The molecule has 0 aliphatic rings. The second kappa shape index (κ2) is 7.07. The van der Waals surface area contributed by atoms with Gasteiger partial charge < -0.3 is 10.4 Å². The second-order valence-electron chi connectivity index (χ2n) is 5.58. The van der Waals surface area contributed by atoms with Crippen LogP contribution >= 0.6 is 34.5 Å². The highest BCUT2D eigenvalue weighted by Gasteiger charge is 2.21. The zero-order chi connectivity index (χ0) is 19.0. The van der Waals surface area contributed by atoms with Gasteiger partial charge in [-0.2, -0.15) is 0 Å². The van der Waals surface area contributed by atoms with Crippen LogP contribution < -0.4 is 5.32 Å². The quantitative estimate of drug-likeness (QED) is 0.488. The monoisotopic (exact) mass is 415 g/mol. The molecule has 4 rings (SSSR count). The zero-order valence-electron chi connectivity index (χ0n) is 13.5. The Balaban J connectivity index is 1.68.